The van der Waals surface area contributed by atoms with Gasteiger partial charge in [-0.3, -0.25) is 0 Å². The van der Waals surface area contributed by atoms with Gasteiger partial charge in [-0.05, 0) is 44.5 Å². The van der Waals surface area contributed by atoms with Crippen LogP contribution in [0.2, 0.25) is 0 Å². The molecule has 6 nitrogen and oxygen atoms in total. The number of hydrogen-bond donors (Lipinski definition) is 1. The van der Waals surface area contributed by atoms with Crippen LogP contribution in [-0.4, -0.2) is 53.8 Å². The molecule has 1 saturated heterocycles. The molecule has 24 heavy (non-hydrogen) atoms. The summed E-state index contributed by atoms with van der Waals surface area (Å²) < 4.78 is 5.39. The van der Waals surface area contributed by atoms with E-state index >= 15 is 0 Å². The molecule has 0 spiro atoms. The summed E-state index contributed by atoms with van der Waals surface area (Å²) in [6.45, 7) is 8.31. The van der Waals surface area contributed by atoms with Crippen molar-refractivity contribution in [3.63, 3.8) is 0 Å². The maximum absolute atomic E-state index is 12.1. The van der Waals surface area contributed by atoms with E-state index in [-0.39, 0.29) is 6.09 Å². The molecular formula is C18H24N2O4. The van der Waals surface area contributed by atoms with Crippen molar-refractivity contribution in [2.75, 3.05) is 31.1 Å². The van der Waals surface area contributed by atoms with E-state index in [4.69, 9.17) is 9.84 Å². The monoisotopic (exact) mass is 332 g/mol. The fraction of sp³-hybridized carbons (Fsp3) is 0.444. The van der Waals surface area contributed by atoms with Gasteiger partial charge in [0.2, 0.25) is 0 Å². The molecule has 0 saturated carbocycles. The molecule has 0 unspecified atom stereocenters. The fourth-order valence-corrected chi connectivity index (χ4v) is 2.44. The molecule has 1 aliphatic heterocycles. The van der Waals surface area contributed by atoms with E-state index in [9.17, 15) is 9.59 Å². The van der Waals surface area contributed by atoms with Crippen LogP contribution in [0.1, 0.15) is 26.3 Å². The van der Waals surface area contributed by atoms with Gasteiger partial charge in [-0.1, -0.05) is 12.1 Å². The average molecular weight is 332 g/mol. The first-order valence-electron chi connectivity index (χ1n) is 7.98. The van der Waals surface area contributed by atoms with E-state index in [0.29, 0.717) is 13.1 Å². The third-order valence-corrected chi connectivity index (χ3v) is 3.61. The van der Waals surface area contributed by atoms with Gasteiger partial charge in [-0.25, -0.2) is 9.59 Å². The molecule has 1 aliphatic rings. The van der Waals surface area contributed by atoms with Crippen LogP contribution >= 0.6 is 0 Å². The predicted octanol–water partition coefficient (Wildman–Crippen LogP) is 2.84. The lowest BCUT2D eigenvalue weighted by atomic mass is 10.1. The van der Waals surface area contributed by atoms with Gasteiger partial charge in [0.15, 0.2) is 0 Å². The largest absolute Gasteiger partial charge is 0.478 e. The van der Waals surface area contributed by atoms with Crippen LogP contribution < -0.4 is 4.90 Å². The molecule has 2 rings (SSSR count). The van der Waals surface area contributed by atoms with Gasteiger partial charge >= 0.3 is 12.1 Å². The van der Waals surface area contributed by atoms with E-state index in [1.165, 1.54) is 0 Å². The van der Waals surface area contributed by atoms with Crippen LogP contribution in [0.3, 0.4) is 0 Å². The zero-order valence-corrected chi connectivity index (χ0v) is 14.4. The van der Waals surface area contributed by atoms with Crippen molar-refractivity contribution in [3.05, 3.63) is 35.9 Å². The summed E-state index contributed by atoms with van der Waals surface area (Å²) in [7, 11) is 0. The Bertz CT molecular complexity index is 609. The van der Waals surface area contributed by atoms with Crippen molar-refractivity contribution in [3.8, 4) is 0 Å². The summed E-state index contributed by atoms with van der Waals surface area (Å²) in [5.74, 6) is -0.961. The maximum Gasteiger partial charge on any atom is 0.410 e. The van der Waals surface area contributed by atoms with Crippen molar-refractivity contribution >= 4 is 23.8 Å². The molecule has 1 N–H and O–H groups in total. The van der Waals surface area contributed by atoms with Crippen LogP contribution in [0.5, 0.6) is 0 Å². The summed E-state index contributed by atoms with van der Waals surface area (Å²) in [6.07, 6.45) is 2.41. The van der Waals surface area contributed by atoms with Crippen LogP contribution in [0.15, 0.2) is 30.3 Å². The second-order valence-electron chi connectivity index (χ2n) is 6.72. The lowest BCUT2D eigenvalue weighted by Crippen LogP contribution is -2.50. The van der Waals surface area contributed by atoms with E-state index < -0.39 is 11.6 Å². The van der Waals surface area contributed by atoms with Gasteiger partial charge in [0.1, 0.15) is 5.60 Å². The average Bonchev–Trinajstić information content (AvgIpc) is 2.52. The highest BCUT2D eigenvalue weighted by atomic mass is 16.6. The van der Waals surface area contributed by atoms with Gasteiger partial charge in [0.05, 0.1) is 0 Å². The second kappa shape index (κ2) is 7.38. The molecule has 0 aromatic heterocycles. The summed E-state index contributed by atoms with van der Waals surface area (Å²) in [4.78, 5) is 26.5. The molecule has 0 aliphatic carbocycles. The van der Waals surface area contributed by atoms with Crippen molar-refractivity contribution in [1.82, 2.24) is 4.90 Å². The zero-order chi connectivity index (χ0) is 17.7. The minimum Gasteiger partial charge on any atom is -0.478 e. The Balaban J connectivity index is 1.90. The van der Waals surface area contributed by atoms with E-state index in [1.807, 2.05) is 45.0 Å². The number of carboxylic acids is 1. The smallest absolute Gasteiger partial charge is 0.410 e. The number of anilines is 1. The van der Waals surface area contributed by atoms with Crippen molar-refractivity contribution in [1.29, 1.82) is 0 Å². The van der Waals surface area contributed by atoms with Gasteiger partial charge in [-0.15, -0.1) is 0 Å². The highest BCUT2D eigenvalue weighted by molar-refractivity contribution is 5.85. The maximum atomic E-state index is 12.1. The first-order valence-corrected chi connectivity index (χ1v) is 7.98. The van der Waals surface area contributed by atoms with Crippen molar-refractivity contribution in [2.24, 2.45) is 0 Å². The number of nitrogens with zero attached hydrogens (tertiary/aromatic N) is 2. The first kappa shape index (κ1) is 17.8. The minimum absolute atomic E-state index is 0.267. The van der Waals surface area contributed by atoms with Crippen LogP contribution in [-0.2, 0) is 9.53 Å². The van der Waals surface area contributed by atoms with E-state index in [1.54, 1.807) is 11.0 Å². The minimum atomic E-state index is -0.961. The third kappa shape index (κ3) is 5.30. The summed E-state index contributed by atoms with van der Waals surface area (Å²) in [6, 6.07) is 7.69. The normalized spacial score (nSPS) is 15.6. The summed E-state index contributed by atoms with van der Waals surface area (Å²) in [5.41, 5.74) is 1.42. The molecule has 0 bridgehead atoms. The predicted molar refractivity (Wildman–Crippen MR) is 93.1 cm³/mol. The van der Waals surface area contributed by atoms with Crippen LogP contribution in [0.4, 0.5) is 10.5 Å². The van der Waals surface area contributed by atoms with Gasteiger partial charge in [-0.2, -0.15) is 0 Å². The Morgan fingerprint density at radius 3 is 2.17 bits per heavy atom. The molecule has 1 aromatic rings. The Kier molecular flexibility index (Phi) is 5.49. The van der Waals surface area contributed by atoms with Gasteiger partial charge in [0.25, 0.3) is 0 Å². The summed E-state index contributed by atoms with van der Waals surface area (Å²) in [5, 5.41) is 8.64. The Labute approximate surface area is 142 Å². The number of benzene rings is 1. The molecular weight excluding hydrogens is 308 g/mol. The number of piperazine rings is 1. The zero-order valence-electron chi connectivity index (χ0n) is 14.4. The molecule has 1 fully saturated rings. The molecule has 6 heteroatoms. The third-order valence-electron chi connectivity index (χ3n) is 3.61. The topological polar surface area (TPSA) is 70.1 Å². The highest BCUT2D eigenvalue weighted by Crippen LogP contribution is 2.19. The molecule has 0 atom stereocenters. The Morgan fingerprint density at radius 1 is 1.08 bits per heavy atom. The first-order chi connectivity index (χ1) is 11.2. The highest BCUT2D eigenvalue weighted by Gasteiger charge is 2.25. The lowest BCUT2D eigenvalue weighted by Gasteiger charge is -2.36. The van der Waals surface area contributed by atoms with Gasteiger partial charge in [0, 0.05) is 37.9 Å². The number of amides is 1. The molecule has 0 radical (unpaired) electrons. The number of carbonyl (C=O) groups is 2. The van der Waals surface area contributed by atoms with E-state index in [0.717, 1.165) is 30.4 Å². The standard InChI is InChI=1S/C18H24N2O4/c1-18(2,3)24-17(23)20-12-10-19(11-13-20)15-7-4-14(5-8-15)6-9-16(21)22/h4-9H,10-13H2,1-3H3,(H,21,22). The molecule has 1 heterocycles. The number of aliphatic carboxylic acids is 1. The fourth-order valence-electron chi connectivity index (χ4n) is 2.44. The number of carboxylic acid groups (broad SMARTS) is 1. The van der Waals surface area contributed by atoms with Crippen molar-refractivity contribution in [2.45, 2.75) is 26.4 Å². The Morgan fingerprint density at radius 2 is 1.67 bits per heavy atom. The van der Waals surface area contributed by atoms with E-state index in [2.05, 4.69) is 4.90 Å². The number of ether oxygens (including phenoxy) is 1. The number of rotatable bonds is 3. The quantitative estimate of drug-likeness (QED) is 0.862. The lowest BCUT2D eigenvalue weighted by molar-refractivity contribution is -0.131. The van der Waals surface area contributed by atoms with Crippen LogP contribution in [0.25, 0.3) is 6.08 Å². The molecule has 1 aromatic carbocycles. The number of carbonyl (C=O) groups excluding carboxylic acids is 1. The van der Waals surface area contributed by atoms with Crippen molar-refractivity contribution < 1.29 is 19.4 Å². The van der Waals surface area contributed by atoms with Crippen LogP contribution in [0, 0.1) is 0 Å². The second-order valence-corrected chi connectivity index (χ2v) is 6.72. The summed E-state index contributed by atoms with van der Waals surface area (Å²) >= 11 is 0. The molecule has 130 valence electrons. The molecule has 1 amide bonds. The number of hydrogen-bond acceptors (Lipinski definition) is 4. The Hall–Kier alpha value is -2.50. The van der Waals surface area contributed by atoms with Gasteiger partial charge < -0.3 is 19.6 Å². The SMILES string of the molecule is CC(C)(C)OC(=O)N1CCN(c2ccc(C=CC(=O)O)cc2)CC1.